The normalized spacial score (nSPS) is 17.2. The Morgan fingerprint density at radius 2 is 1.59 bits per heavy atom. The highest BCUT2D eigenvalue weighted by atomic mass is 35.5. The van der Waals surface area contributed by atoms with Gasteiger partial charge in [0.2, 0.25) is 0 Å². The number of phenolic OH excluding ortho intramolecular Hbond substituents is 1. The molecule has 2 N–H and O–H groups in total. The molecule has 1 unspecified atom stereocenters. The molecule has 0 fully saturated rings. The average Bonchev–Trinajstić information content (AvgIpc) is 2.85. The summed E-state index contributed by atoms with van der Waals surface area (Å²) in [5.41, 5.74) is 5.07. The SMILES string of the molecule is Oc1ccc(CC2(c3ccc(Cl)cc3Cl)NCCc3cc(OCc4ccccc4)ccc32)cc1. The van der Waals surface area contributed by atoms with Crippen molar-refractivity contribution in [3.05, 3.63) is 129 Å². The summed E-state index contributed by atoms with van der Waals surface area (Å²) in [5.74, 6) is 1.10. The molecule has 0 spiro atoms. The molecule has 34 heavy (non-hydrogen) atoms. The van der Waals surface area contributed by atoms with Crippen LogP contribution < -0.4 is 10.1 Å². The summed E-state index contributed by atoms with van der Waals surface area (Å²) >= 11 is 13.0. The first-order valence-corrected chi connectivity index (χ1v) is 12.1. The second-order valence-electron chi connectivity index (χ2n) is 8.64. The lowest BCUT2D eigenvalue weighted by Crippen LogP contribution is -2.50. The van der Waals surface area contributed by atoms with Crippen molar-refractivity contribution >= 4 is 23.2 Å². The maximum absolute atomic E-state index is 9.77. The molecule has 0 saturated carbocycles. The van der Waals surface area contributed by atoms with Crippen molar-refractivity contribution in [1.29, 1.82) is 0 Å². The first kappa shape index (κ1) is 22.8. The van der Waals surface area contributed by atoms with E-state index in [1.165, 1.54) is 11.1 Å². The topological polar surface area (TPSA) is 41.5 Å². The van der Waals surface area contributed by atoms with E-state index in [2.05, 4.69) is 29.6 Å². The second-order valence-corrected chi connectivity index (χ2v) is 9.49. The first-order chi connectivity index (χ1) is 16.5. The molecule has 0 radical (unpaired) electrons. The Balaban J connectivity index is 1.55. The summed E-state index contributed by atoms with van der Waals surface area (Å²) in [5, 5.41) is 14.8. The molecule has 0 saturated heterocycles. The Labute approximate surface area is 209 Å². The number of phenols is 1. The van der Waals surface area contributed by atoms with Gasteiger partial charge in [0.05, 0.1) is 5.54 Å². The zero-order valence-electron chi connectivity index (χ0n) is 18.6. The van der Waals surface area contributed by atoms with Crippen LogP contribution in [0.25, 0.3) is 0 Å². The third-order valence-electron chi connectivity index (χ3n) is 6.40. The highest BCUT2D eigenvalue weighted by Crippen LogP contribution is 2.42. The van der Waals surface area contributed by atoms with Crippen molar-refractivity contribution in [3.8, 4) is 11.5 Å². The molecular formula is C29H25Cl2NO2. The van der Waals surface area contributed by atoms with Crippen LogP contribution in [-0.2, 0) is 25.0 Å². The molecule has 1 aliphatic heterocycles. The van der Waals surface area contributed by atoms with Gasteiger partial charge in [-0.05, 0) is 77.1 Å². The Kier molecular flexibility index (Phi) is 6.51. The lowest BCUT2D eigenvalue weighted by atomic mass is 9.73. The van der Waals surface area contributed by atoms with E-state index in [1.807, 2.05) is 48.5 Å². The number of benzene rings is 4. The molecule has 1 aliphatic rings. The Morgan fingerprint density at radius 1 is 0.824 bits per heavy atom. The minimum absolute atomic E-state index is 0.250. The maximum atomic E-state index is 9.77. The number of rotatable bonds is 6. The molecule has 0 bridgehead atoms. The van der Waals surface area contributed by atoms with E-state index in [-0.39, 0.29) is 5.75 Å². The lowest BCUT2D eigenvalue weighted by Gasteiger charge is -2.42. The van der Waals surface area contributed by atoms with Crippen molar-refractivity contribution < 1.29 is 9.84 Å². The largest absolute Gasteiger partial charge is 0.508 e. The van der Waals surface area contributed by atoms with E-state index in [4.69, 9.17) is 27.9 Å². The molecule has 3 nitrogen and oxygen atoms in total. The third kappa shape index (κ3) is 4.65. The smallest absolute Gasteiger partial charge is 0.120 e. The Hall–Kier alpha value is -2.98. The highest BCUT2D eigenvalue weighted by molar-refractivity contribution is 6.35. The van der Waals surface area contributed by atoms with E-state index in [0.717, 1.165) is 35.4 Å². The van der Waals surface area contributed by atoms with Crippen LogP contribution in [-0.4, -0.2) is 11.7 Å². The number of aromatic hydroxyl groups is 1. The van der Waals surface area contributed by atoms with Gasteiger partial charge in [-0.3, -0.25) is 0 Å². The van der Waals surface area contributed by atoms with Crippen molar-refractivity contribution in [2.75, 3.05) is 6.54 Å². The lowest BCUT2D eigenvalue weighted by molar-refractivity contribution is 0.304. The molecule has 172 valence electrons. The maximum Gasteiger partial charge on any atom is 0.120 e. The number of hydrogen-bond acceptors (Lipinski definition) is 3. The molecule has 4 aromatic rings. The number of ether oxygens (including phenoxy) is 1. The van der Waals surface area contributed by atoms with Gasteiger partial charge in [-0.2, -0.15) is 0 Å². The van der Waals surface area contributed by atoms with Gasteiger partial charge in [0.1, 0.15) is 18.1 Å². The predicted molar refractivity (Wildman–Crippen MR) is 138 cm³/mol. The van der Waals surface area contributed by atoms with Crippen molar-refractivity contribution in [2.24, 2.45) is 0 Å². The fourth-order valence-corrected chi connectivity index (χ4v) is 5.35. The minimum Gasteiger partial charge on any atom is -0.508 e. The highest BCUT2D eigenvalue weighted by Gasteiger charge is 2.40. The summed E-state index contributed by atoms with van der Waals surface area (Å²) in [6.07, 6.45) is 1.56. The quantitative estimate of drug-likeness (QED) is 0.309. The van der Waals surface area contributed by atoms with Gasteiger partial charge >= 0.3 is 0 Å². The minimum atomic E-state index is -0.538. The van der Waals surface area contributed by atoms with Gasteiger partial charge in [-0.1, -0.05) is 77.8 Å². The zero-order chi connectivity index (χ0) is 23.5. The summed E-state index contributed by atoms with van der Waals surface area (Å²) in [6, 6.07) is 29.5. The Bertz CT molecular complexity index is 1290. The van der Waals surface area contributed by atoms with E-state index in [9.17, 15) is 5.11 Å². The van der Waals surface area contributed by atoms with Crippen LogP contribution in [0.5, 0.6) is 11.5 Å². The van der Waals surface area contributed by atoms with Gasteiger partial charge in [-0.15, -0.1) is 0 Å². The number of halogens is 2. The molecular weight excluding hydrogens is 465 g/mol. The van der Waals surface area contributed by atoms with Crippen molar-refractivity contribution in [1.82, 2.24) is 5.32 Å². The van der Waals surface area contributed by atoms with Crippen LogP contribution in [0.3, 0.4) is 0 Å². The van der Waals surface area contributed by atoms with Crippen LogP contribution in [0.15, 0.2) is 91.0 Å². The van der Waals surface area contributed by atoms with E-state index >= 15 is 0 Å². The van der Waals surface area contributed by atoms with Gasteiger partial charge in [0.15, 0.2) is 0 Å². The molecule has 5 rings (SSSR count). The van der Waals surface area contributed by atoms with Gasteiger partial charge in [0.25, 0.3) is 0 Å². The Morgan fingerprint density at radius 3 is 2.35 bits per heavy atom. The monoisotopic (exact) mass is 489 g/mol. The second kappa shape index (κ2) is 9.71. The fourth-order valence-electron chi connectivity index (χ4n) is 4.78. The van der Waals surface area contributed by atoms with Crippen LogP contribution in [0, 0.1) is 0 Å². The molecule has 0 aromatic heterocycles. The molecule has 5 heteroatoms. The third-order valence-corrected chi connectivity index (χ3v) is 6.95. The molecule has 0 aliphatic carbocycles. The summed E-state index contributed by atoms with van der Waals surface area (Å²) in [4.78, 5) is 0. The summed E-state index contributed by atoms with van der Waals surface area (Å²) in [7, 11) is 0. The molecule has 4 aromatic carbocycles. The molecule has 1 heterocycles. The summed E-state index contributed by atoms with van der Waals surface area (Å²) in [6.45, 7) is 1.33. The van der Waals surface area contributed by atoms with E-state index in [1.54, 1.807) is 18.2 Å². The zero-order valence-corrected chi connectivity index (χ0v) is 20.1. The van der Waals surface area contributed by atoms with E-state index in [0.29, 0.717) is 23.1 Å². The van der Waals surface area contributed by atoms with Gasteiger partial charge in [-0.25, -0.2) is 0 Å². The van der Waals surface area contributed by atoms with E-state index < -0.39 is 5.54 Å². The van der Waals surface area contributed by atoms with Crippen LogP contribution in [0.1, 0.15) is 27.8 Å². The number of nitrogens with one attached hydrogen (secondary N) is 1. The predicted octanol–water partition coefficient (Wildman–Crippen LogP) is 6.91. The van der Waals surface area contributed by atoms with Crippen LogP contribution in [0.2, 0.25) is 10.0 Å². The number of hydrogen-bond donors (Lipinski definition) is 2. The first-order valence-electron chi connectivity index (χ1n) is 11.3. The standard InChI is InChI=1S/C29H25Cl2NO2/c30-23-8-12-27(28(31)17-23)29(18-20-6-9-24(33)10-7-20)26-13-11-25(16-22(26)14-15-32-29)34-19-21-4-2-1-3-5-21/h1-13,16-17,32-33H,14-15,18-19H2. The van der Waals surface area contributed by atoms with Crippen molar-refractivity contribution in [3.63, 3.8) is 0 Å². The number of fused-ring (bicyclic) bond motifs is 1. The molecule has 1 atom stereocenters. The van der Waals surface area contributed by atoms with Crippen molar-refractivity contribution in [2.45, 2.75) is 25.0 Å². The fraction of sp³-hybridized carbons (Fsp3) is 0.172. The summed E-state index contributed by atoms with van der Waals surface area (Å²) < 4.78 is 6.11. The van der Waals surface area contributed by atoms with Gasteiger partial charge in [0, 0.05) is 16.6 Å². The van der Waals surface area contributed by atoms with Crippen LogP contribution in [0.4, 0.5) is 0 Å². The average molecular weight is 490 g/mol. The van der Waals surface area contributed by atoms with Crippen LogP contribution >= 0.6 is 23.2 Å². The molecule has 0 amide bonds. The van der Waals surface area contributed by atoms with Gasteiger partial charge < -0.3 is 15.2 Å².